The lowest BCUT2D eigenvalue weighted by Gasteiger charge is -2.20. The van der Waals surface area contributed by atoms with Crippen molar-refractivity contribution in [2.45, 2.75) is 47.6 Å². The van der Waals surface area contributed by atoms with Gasteiger partial charge in [-0.2, -0.15) is 4.99 Å². The quantitative estimate of drug-likeness (QED) is 0.303. The van der Waals surface area contributed by atoms with Crippen LogP contribution in [0.3, 0.4) is 0 Å². The van der Waals surface area contributed by atoms with E-state index in [1.54, 1.807) is 6.07 Å². The van der Waals surface area contributed by atoms with Crippen molar-refractivity contribution in [2.75, 3.05) is 13.7 Å². The number of rotatable bonds is 9. The van der Waals surface area contributed by atoms with Crippen molar-refractivity contribution in [1.82, 2.24) is 14.9 Å². The number of nitrogens with zero attached hydrogens (tertiary/aromatic N) is 3. The minimum atomic E-state index is -0.707. The van der Waals surface area contributed by atoms with Gasteiger partial charge in [-0.1, -0.05) is 45.6 Å². The van der Waals surface area contributed by atoms with Crippen LogP contribution in [-0.4, -0.2) is 41.0 Å². The van der Waals surface area contributed by atoms with Gasteiger partial charge in [-0.25, -0.2) is 9.78 Å². The average molecular weight is 511 g/mol. The molecule has 0 aliphatic carbocycles. The number of hydrogen-bond acceptors (Lipinski definition) is 6. The molecule has 0 spiro atoms. The van der Waals surface area contributed by atoms with Crippen molar-refractivity contribution in [3.63, 3.8) is 0 Å². The molecule has 2 aromatic heterocycles. The summed E-state index contributed by atoms with van der Waals surface area (Å²) in [5, 5.41) is 4.68. The third kappa shape index (κ3) is 7.71. The lowest BCUT2D eigenvalue weighted by Crippen LogP contribution is -2.25. The Labute approximate surface area is 216 Å². The molecule has 0 aliphatic rings. The molecule has 2 rings (SSSR count). The molecule has 0 radical (unpaired) electrons. The fourth-order valence-electron chi connectivity index (χ4n) is 3.43. The van der Waals surface area contributed by atoms with Crippen LogP contribution in [0, 0.1) is 5.41 Å². The molecule has 0 fully saturated rings. The lowest BCUT2D eigenvalue weighted by molar-refractivity contribution is -0.118. The number of amides is 2. The monoisotopic (exact) mass is 510 g/mol. The van der Waals surface area contributed by atoms with Crippen molar-refractivity contribution in [1.29, 1.82) is 0 Å². The molecule has 0 atom stereocenters. The first-order valence-corrected chi connectivity index (χ1v) is 12.5. The zero-order chi connectivity index (χ0) is 26.9. The SMILES string of the molecule is C=C(/C=C\C(=C/C)C(C)(C)C)c1csc(=NC(=O)c2cccnc2C(=O)OC)n1CCCNC(C)=O. The fourth-order valence-corrected chi connectivity index (χ4v) is 4.38. The molecule has 0 bridgehead atoms. The summed E-state index contributed by atoms with van der Waals surface area (Å²) in [7, 11) is 1.23. The molecule has 1 N–H and O–H groups in total. The van der Waals surface area contributed by atoms with Gasteiger partial charge in [0.2, 0.25) is 5.91 Å². The second kappa shape index (κ2) is 12.9. The standard InChI is InChI=1S/C27H34N4O4S/c1-8-20(27(4,5)6)13-12-18(2)22-17-36-26(31(22)16-10-15-28-19(3)32)30-24(33)21-11-9-14-29-23(21)25(34)35-7/h8-9,11-14,17H,2,10,15-16H2,1,3-7H3,(H,28,32)/b13-12-,20-8+,30-26?. The highest BCUT2D eigenvalue weighted by Gasteiger charge is 2.19. The molecule has 192 valence electrons. The van der Waals surface area contributed by atoms with E-state index in [9.17, 15) is 14.4 Å². The van der Waals surface area contributed by atoms with Gasteiger partial charge in [-0.05, 0) is 42.0 Å². The third-order valence-corrected chi connectivity index (χ3v) is 6.18. The zero-order valence-electron chi connectivity index (χ0n) is 21.8. The summed E-state index contributed by atoms with van der Waals surface area (Å²) >= 11 is 1.30. The summed E-state index contributed by atoms with van der Waals surface area (Å²) < 4.78 is 6.64. The van der Waals surface area contributed by atoms with Crippen LogP contribution in [0.15, 0.2) is 59.1 Å². The molecule has 36 heavy (non-hydrogen) atoms. The Hall–Kier alpha value is -3.59. The highest BCUT2D eigenvalue weighted by molar-refractivity contribution is 7.07. The predicted molar refractivity (Wildman–Crippen MR) is 142 cm³/mol. The molecule has 0 aliphatic heterocycles. The van der Waals surface area contributed by atoms with E-state index in [0.29, 0.717) is 24.3 Å². The molecular weight excluding hydrogens is 476 g/mol. The summed E-state index contributed by atoms with van der Waals surface area (Å²) in [5.41, 5.74) is 2.71. The summed E-state index contributed by atoms with van der Waals surface area (Å²) in [5.74, 6) is -1.41. The summed E-state index contributed by atoms with van der Waals surface area (Å²) in [6.07, 6.45) is 8.12. The molecule has 2 amide bonds. The summed E-state index contributed by atoms with van der Waals surface area (Å²) in [6.45, 7) is 15.1. The number of carbonyl (C=O) groups is 3. The maximum absolute atomic E-state index is 13.0. The molecule has 0 aromatic carbocycles. The van der Waals surface area contributed by atoms with Crippen LogP contribution in [0.2, 0.25) is 0 Å². The Morgan fingerprint density at radius 1 is 1.28 bits per heavy atom. The molecular formula is C27H34N4O4S. The van der Waals surface area contributed by atoms with Crippen LogP contribution in [-0.2, 0) is 16.1 Å². The van der Waals surface area contributed by atoms with Gasteiger partial charge in [-0.3, -0.25) is 9.59 Å². The number of pyridine rings is 1. The van der Waals surface area contributed by atoms with Gasteiger partial charge in [0, 0.05) is 31.6 Å². The first-order chi connectivity index (χ1) is 17.0. The van der Waals surface area contributed by atoms with Gasteiger partial charge in [0.05, 0.1) is 18.4 Å². The first-order valence-electron chi connectivity index (χ1n) is 11.6. The van der Waals surface area contributed by atoms with Gasteiger partial charge >= 0.3 is 5.97 Å². The third-order valence-electron chi connectivity index (χ3n) is 5.31. The average Bonchev–Trinajstić information content (AvgIpc) is 3.22. The number of thiazole rings is 1. The number of aromatic nitrogens is 2. The topological polar surface area (TPSA) is 103 Å². The number of methoxy groups -OCH3 is 1. The van der Waals surface area contributed by atoms with E-state index in [1.807, 2.05) is 29.0 Å². The lowest BCUT2D eigenvalue weighted by atomic mass is 9.86. The normalized spacial score (nSPS) is 12.6. The molecule has 2 heterocycles. The molecule has 8 nitrogen and oxygen atoms in total. The molecule has 0 saturated carbocycles. The van der Waals surface area contributed by atoms with Crippen LogP contribution >= 0.6 is 11.3 Å². The number of ether oxygens (including phenoxy) is 1. The minimum Gasteiger partial charge on any atom is -0.464 e. The van der Waals surface area contributed by atoms with Gasteiger partial charge in [0.25, 0.3) is 5.91 Å². The van der Waals surface area contributed by atoms with Gasteiger partial charge < -0.3 is 14.6 Å². The predicted octanol–water partition coefficient (Wildman–Crippen LogP) is 4.56. The molecule has 2 aromatic rings. The Morgan fingerprint density at radius 2 is 2.00 bits per heavy atom. The number of hydrogen-bond donors (Lipinski definition) is 1. The van der Waals surface area contributed by atoms with Crippen molar-refractivity contribution in [2.24, 2.45) is 10.4 Å². The molecule has 0 saturated heterocycles. The van der Waals surface area contributed by atoms with Crippen molar-refractivity contribution in [3.05, 3.63) is 75.8 Å². The van der Waals surface area contributed by atoms with Crippen LogP contribution < -0.4 is 10.1 Å². The van der Waals surface area contributed by atoms with E-state index in [0.717, 1.165) is 11.3 Å². The summed E-state index contributed by atoms with van der Waals surface area (Å²) in [4.78, 5) is 45.1. The smallest absolute Gasteiger partial charge is 0.357 e. The Morgan fingerprint density at radius 3 is 2.61 bits per heavy atom. The van der Waals surface area contributed by atoms with Crippen LogP contribution in [0.25, 0.3) is 5.57 Å². The maximum Gasteiger partial charge on any atom is 0.357 e. The Kier molecular flexibility index (Phi) is 10.3. The zero-order valence-corrected chi connectivity index (χ0v) is 22.6. The number of nitrogens with one attached hydrogen (secondary N) is 1. The minimum absolute atomic E-state index is 0.0114. The largest absolute Gasteiger partial charge is 0.464 e. The van der Waals surface area contributed by atoms with Crippen molar-refractivity contribution in [3.8, 4) is 0 Å². The van der Waals surface area contributed by atoms with E-state index >= 15 is 0 Å². The van der Waals surface area contributed by atoms with Crippen molar-refractivity contribution < 1.29 is 19.1 Å². The van der Waals surface area contributed by atoms with E-state index < -0.39 is 11.9 Å². The van der Waals surface area contributed by atoms with Crippen LogP contribution in [0.4, 0.5) is 0 Å². The first kappa shape index (κ1) is 28.6. The Bertz CT molecular complexity index is 1260. The number of allylic oxidation sites excluding steroid dienone is 5. The van der Waals surface area contributed by atoms with Crippen LogP contribution in [0.5, 0.6) is 0 Å². The maximum atomic E-state index is 13.0. The highest BCUT2D eigenvalue weighted by Crippen LogP contribution is 2.27. The second-order valence-electron chi connectivity index (χ2n) is 9.05. The van der Waals surface area contributed by atoms with Gasteiger partial charge in [0.15, 0.2) is 10.5 Å². The van der Waals surface area contributed by atoms with Gasteiger partial charge in [-0.15, -0.1) is 11.3 Å². The van der Waals surface area contributed by atoms with Gasteiger partial charge in [0.1, 0.15) is 0 Å². The molecule has 9 heteroatoms. The Balaban J connectivity index is 2.48. The summed E-state index contributed by atoms with van der Waals surface area (Å²) in [6, 6.07) is 3.06. The fraction of sp³-hybridized carbons (Fsp3) is 0.370. The van der Waals surface area contributed by atoms with E-state index in [-0.39, 0.29) is 22.6 Å². The number of carbonyl (C=O) groups excluding carboxylic acids is 3. The van der Waals surface area contributed by atoms with Crippen LogP contribution in [0.1, 0.15) is 67.6 Å². The van der Waals surface area contributed by atoms with E-state index in [4.69, 9.17) is 4.74 Å². The number of esters is 1. The highest BCUT2D eigenvalue weighted by atomic mass is 32.1. The molecule has 0 unspecified atom stereocenters. The second-order valence-corrected chi connectivity index (χ2v) is 9.89. The van der Waals surface area contributed by atoms with E-state index in [1.165, 1.54) is 43.2 Å². The van der Waals surface area contributed by atoms with E-state index in [2.05, 4.69) is 48.7 Å². The van der Waals surface area contributed by atoms with Crippen molar-refractivity contribution >= 4 is 34.7 Å².